The molecule has 3 nitrogen and oxygen atoms in total. The summed E-state index contributed by atoms with van der Waals surface area (Å²) in [6.45, 7) is 1.49. The van der Waals surface area contributed by atoms with Crippen LogP contribution in [0.2, 0.25) is 0 Å². The molecular formula is C13H17ClN2O. The number of hydrogen-bond donors (Lipinski definition) is 1. The Balaban J connectivity index is 2.04. The molecule has 4 heteroatoms. The molecule has 0 radical (unpaired) electrons. The first-order valence-corrected chi connectivity index (χ1v) is 6.45. The van der Waals surface area contributed by atoms with Gasteiger partial charge in [0.15, 0.2) is 0 Å². The van der Waals surface area contributed by atoms with Crippen molar-refractivity contribution in [3.8, 4) is 0 Å². The van der Waals surface area contributed by atoms with Gasteiger partial charge in [-0.15, -0.1) is 11.6 Å². The van der Waals surface area contributed by atoms with Crippen molar-refractivity contribution in [3.05, 3.63) is 29.3 Å². The van der Waals surface area contributed by atoms with Crippen molar-refractivity contribution in [3.63, 3.8) is 0 Å². The summed E-state index contributed by atoms with van der Waals surface area (Å²) in [4.78, 5) is 13.8. The highest BCUT2D eigenvalue weighted by atomic mass is 35.5. The van der Waals surface area contributed by atoms with Crippen LogP contribution in [0.5, 0.6) is 0 Å². The van der Waals surface area contributed by atoms with Gasteiger partial charge in [0, 0.05) is 31.1 Å². The van der Waals surface area contributed by atoms with Crippen LogP contribution >= 0.6 is 11.6 Å². The van der Waals surface area contributed by atoms with Crippen LogP contribution in [0.3, 0.4) is 0 Å². The third-order valence-corrected chi connectivity index (χ3v) is 3.39. The summed E-state index contributed by atoms with van der Waals surface area (Å²) in [5.74, 6) is 0.738. The van der Waals surface area contributed by atoms with Gasteiger partial charge in [0.05, 0.1) is 0 Å². The number of benzene rings is 1. The molecule has 0 unspecified atom stereocenters. The fraction of sp³-hybridized carbons (Fsp3) is 0.462. The van der Waals surface area contributed by atoms with E-state index in [9.17, 15) is 4.79 Å². The van der Waals surface area contributed by atoms with E-state index in [-0.39, 0.29) is 5.91 Å². The lowest BCUT2D eigenvalue weighted by Gasteiger charge is -2.29. The monoisotopic (exact) mass is 252 g/mol. The van der Waals surface area contributed by atoms with Crippen molar-refractivity contribution < 1.29 is 4.79 Å². The maximum Gasteiger partial charge on any atom is 0.222 e. The number of nitrogens with zero attached hydrogens (tertiary/aromatic N) is 1. The summed E-state index contributed by atoms with van der Waals surface area (Å²) >= 11 is 5.60. The second-order valence-corrected chi connectivity index (χ2v) is 4.76. The molecule has 0 atom stereocenters. The van der Waals surface area contributed by atoms with Gasteiger partial charge in [-0.05, 0) is 36.1 Å². The summed E-state index contributed by atoms with van der Waals surface area (Å²) in [6.07, 6.45) is 2.21. The number of nitrogens with two attached hydrogens (primary N) is 1. The molecule has 1 aliphatic heterocycles. The molecule has 1 heterocycles. The Labute approximate surface area is 107 Å². The van der Waals surface area contributed by atoms with Crippen molar-refractivity contribution in [1.29, 1.82) is 0 Å². The van der Waals surface area contributed by atoms with Crippen molar-refractivity contribution in [2.24, 2.45) is 0 Å². The molecule has 1 aliphatic rings. The summed E-state index contributed by atoms with van der Waals surface area (Å²) in [6, 6.07) is 5.95. The number of hydrogen-bond acceptors (Lipinski definition) is 2. The minimum atomic E-state index is 0.193. The van der Waals surface area contributed by atoms with E-state index in [1.165, 1.54) is 11.1 Å². The molecule has 0 aromatic heterocycles. The van der Waals surface area contributed by atoms with E-state index < -0.39 is 0 Å². The second-order valence-electron chi connectivity index (χ2n) is 4.39. The van der Waals surface area contributed by atoms with Crippen LogP contribution in [0.25, 0.3) is 0 Å². The molecule has 0 saturated heterocycles. The number of carbonyl (C=O) groups excluding carboxylic acids is 1. The molecule has 0 aliphatic carbocycles. The lowest BCUT2D eigenvalue weighted by atomic mass is 9.99. The molecule has 1 amide bonds. The van der Waals surface area contributed by atoms with Crippen LogP contribution < -0.4 is 5.73 Å². The molecule has 0 spiro atoms. The van der Waals surface area contributed by atoms with Crippen molar-refractivity contribution >= 4 is 23.2 Å². The number of amides is 1. The molecule has 0 bridgehead atoms. The molecule has 1 aromatic rings. The number of alkyl halides is 1. The van der Waals surface area contributed by atoms with Gasteiger partial charge in [-0.2, -0.15) is 0 Å². The molecule has 0 fully saturated rings. The number of carbonyl (C=O) groups is 1. The van der Waals surface area contributed by atoms with Crippen molar-refractivity contribution in [2.45, 2.75) is 25.8 Å². The molecule has 1 aromatic carbocycles. The van der Waals surface area contributed by atoms with Gasteiger partial charge in [0.1, 0.15) is 0 Å². The highest BCUT2D eigenvalue weighted by Crippen LogP contribution is 2.21. The number of anilines is 1. The molecule has 0 saturated carbocycles. The Bertz CT molecular complexity index is 420. The molecular weight excluding hydrogens is 236 g/mol. The van der Waals surface area contributed by atoms with E-state index in [1.807, 2.05) is 17.0 Å². The van der Waals surface area contributed by atoms with E-state index in [1.54, 1.807) is 0 Å². The number of fused-ring (bicyclic) bond motifs is 1. The maximum absolute atomic E-state index is 11.9. The average Bonchev–Trinajstić information content (AvgIpc) is 2.35. The van der Waals surface area contributed by atoms with Crippen LogP contribution in [-0.4, -0.2) is 23.2 Å². The first-order chi connectivity index (χ1) is 8.20. The van der Waals surface area contributed by atoms with Crippen LogP contribution in [0.4, 0.5) is 5.69 Å². The zero-order valence-corrected chi connectivity index (χ0v) is 10.5. The summed E-state index contributed by atoms with van der Waals surface area (Å²) in [7, 11) is 0. The maximum atomic E-state index is 11.9. The first kappa shape index (κ1) is 12.2. The highest BCUT2D eigenvalue weighted by molar-refractivity contribution is 6.17. The zero-order valence-electron chi connectivity index (χ0n) is 9.79. The van der Waals surface area contributed by atoms with Crippen LogP contribution in [0.15, 0.2) is 18.2 Å². The minimum absolute atomic E-state index is 0.193. The van der Waals surface area contributed by atoms with Crippen LogP contribution in [0.1, 0.15) is 24.0 Å². The number of rotatable bonds is 3. The Morgan fingerprint density at radius 2 is 2.24 bits per heavy atom. The molecule has 92 valence electrons. The third-order valence-electron chi connectivity index (χ3n) is 3.12. The van der Waals surface area contributed by atoms with Gasteiger partial charge >= 0.3 is 0 Å². The molecule has 2 rings (SSSR count). The van der Waals surface area contributed by atoms with E-state index >= 15 is 0 Å². The SMILES string of the molecule is Nc1ccc2c(c1)CN(C(=O)CCCCl)CC2. The predicted molar refractivity (Wildman–Crippen MR) is 69.9 cm³/mol. The van der Waals surface area contributed by atoms with E-state index in [0.717, 1.165) is 25.1 Å². The van der Waals surface area contributed by atoms with E-state index in [2.05, 4.69) is 6.07 Å². The lowest BCUT2D eigenvalue weighted by molar-refractivity contribution is -0.132. The summed E-state index contributed by atoms with van der Waals surface area (Å²) < 4.78 is 0. The fourth-order valence-corrected chi connectivity index (χ4v) is 2.30. The Morgan fingerprint density at radius 3 is 3.00 bits per heavy atom. The predicted octanol–water partition coefficient (Wildman–Crippen LogP) is 2.17. The van der Waals surface area contributed by atoms with Gasteiger partial charge in [0.2, 0.25) is 5.91 Å². The Morgan fingerprint density at radius 1 is 1.41 bits per heavy atom. The van der Waals surface area contributed by atoms with Crippen molar-refractivity contribution in [1.82, 2.24) is 4.90 Å². The average molecular weight is 253 g/mol. The molecule has 17 heavy (non-hydrogen) atoms. The van der Waals surface area contributed by atoms with Crippen LogP contribution in [0, 0.1) is 0 Å². The smallest absolute Gasteiger partial charge is 0.222 e. The lowest BCUT2D eigenvalue weighted by Crippen LogP contribution is -2.35. The standard InChI is InChI=1S/C13H17ClN2O/c14-6-1-2-13(17)16-7-5-10-3-4-12(15)8-11(10)9-16/h3-4,8H,1-2,5-7,9,15H2. The van der Waals surface area contributed by atoms with E-state index in [0.29, 0.717) is 18.8 Å². The Kier molecular flexibility index (Phi) is 3.89. The Hall–Kier alpha value is -1.22. The van der Waals surface area contributed by atoms with Crippen molar-refractivity contribution in [2.75, 3.05) is 18.2 Å². The number of halogens is 1. The first-order valence-electron chi connectivity index (χ1n) is 5.91. The van der Waals surface area contributed by atoms with Gasteiger partial charge in [0.25, 0.3) is 0 Å². The fourth-order valence-electron chi connectivity index (χ4n) is 2.17. The normalized spacial score (nSPS) is 14.5. The summed E-state index contributed by atoms with van der Waals surface area (Å²) in [5.41, 5.74) is 9.01. The largest absolute Gasteiger partial charge is 0.399 e. The van der Waals surface area contributed by atoms with E-state index in [4.69, 9.17) is 17.3 Å². The topological polar surface area (TPSA) is 46.3 Å². The van der Waals surface area contributed by atoms with Gasteiger partial charge in [-0.1, -0.05) is 6.07 Å². The highest BCUT2D eigenvalue weighted by Gasteiger charge is 2.20. The quantitative estimate of drug-likeness (QED) is 0.662. The zero-order chi connectivity index (χ0) is 12.3. The number of nitrogen functional groups attached to an aromatic ring is 1. The second kappa shape index (κ2) is 5.41. The van der Waals surface area contributed by atoms with Gasteiger partial charge in [-0.25, -0.2) is 0 Å². The third kappa shape index (κ3) is 2.91. The molecule has 2 N–H and O–H groups in total. The van der Waals surface area contributed by atoms with Crippen LogP contribution in [-0.2, 0) is 17.8 Å². The minimum Gasteiger partial charge on any atom is -0.399 e. The summed E-state index contributed by atoms with van der Waals surface area (Å²) in [5, 5.41) is 0. The van der Waals surface area contributed by atoms with Gasteiger partial charge < -0.3 is 10.6 Å². The van der Waals surface area contributed by atoms with Gasteiger partial charge in [-0.3, -0.25) is 4.79 Å².